The first-order valence-electron chi connectivity index (χ1n) is 10.0. The molecule has 5 nitrogen and oxygen atoms in total. The predicted molar refractivity (Wildman–Crippen MR) is 116 cm³/mol. The van der Waals surface area contributed by atoms with Crippen molar-refractivity contribution in [1.82, 2.24) is 9.55 Å². The molecule has 0 radical (unpaired) electrons. The van der Waals surface area contributed by atoms with Gasteiger partial charge in [-0.05, 0) is 36.2 Å². The summed E-state index contributed by atoms with van der Waals surface area (Å²) in [5.41, 5.74) is 4.09. The minimum absolute atomic E-state index is 0.0846. The minimum atomic E-state index is -0.488. The number of rotatable bonds is 7. The van der Waals surface area contributed by atoms with Crippen LogP contribution in [0.2, 0.25) is 0 Å². The molecule has 0 saturated carbocycles. The molecule has 0 spiro atoms. The lowest BCUT2D eigenvalue weighted by molar-refractivity contribution is 0.0531. The summed E-state index contributed by atoms with van der Waals surface area (Å²) < 4.78 is 26.3. The number of methoxy groups -OCH3 is 1. The number of fused-ring (bicyclic) bond motifs is 1. The zero-order valence-corrected chi connectivity index (χ0v) is 17.4. The first-order chi connectivity index (χ1) is 15.0. The molecular formula is C25H23FN2O3. The van der Waals surface area contributed by atoms with Crippen LogP contribution in [0.1, 0.15) is 40.2 Å². The highest BCUT2D eigenvalue weighted by Gasteiger charge is 2.16. The van der Waals surface area contributed by atoms with Crippen molar-refractivity contribution in [1.29, 1.82) is 0 Å². The number of hydrogen-bond donors (Lipinski definition) is 0. The Morgan fingerprint density at radius 1 is 1.13 bits per heavy atom. The molecule has 0 fully saturated rings. The van der Waals surface area contributed by atoms with Crippen LogP contribution in [0.4, 0.5) is 4.39 Å². The Hall–Kier alpha value is -3.51. The first-order valence-corrected chi connectivity index (χ1v) is 10.0. The van der Waals surface area contributed by atoms with E-state index < -0.39 is 5.97 Å². The molecule has 0 saturated heterocycles. The molecule has 0 amide bonds. The number of benzene rings is 2. The number of carbonyl (C=O) groups excluding carboxylic acids is 1. The van der Waals surface area contributed by atoms with Crippen LogP contribution in [-0.4, -0.2) is 22.6 Å². The topological polar surface area (TPSA) is 53.4 Å². The maximum Gasteiger partial charge on any atom is 0.356 e. The second-order valence-electron chi connectivity index (χ2n) is 7.35. The predicted octanol–water partition coefficient (Wildman–Crippen LogP) is 5.29. The van der Waals surface area contributed by atoms with Crippen LogP contribution in [0.5, 0.6) is 0 Å². The van der Waals surface area contributed by atoms with E-state index in [9.17, 15) is 9.18 Å². The number of pyridine rings is 1. The lowest BCUT2D eigenvalue weighted by atomic mass is 10.1. The van der Waals surface area contributed by atoms with Crippen LogP contribution in [0.3, 0.4) is 0 Å². The number of ether oxygens (including phenoxy) is 2. The largest absolute Gasteiger partial charge is 0.464 e. The van der Waals surface area contributed by atoms with Crippen molar-refractivity contribution in [2.24, 2.45) is 0 Å². The van der Waals surface area contributed by atoms with E-state index in [0.717, 1.165) is 27.6 Å². The molecule has 0 aliphatic heterocycles. The van der Waals surface area contributed by atoms with Gasteiger partial charge in [-0.2, -0.15) is 0 Å². The zero-order chi connectivity index (χ0) is 21.8. The number of hydrogen-bond acceptors (Lipinski definition) is 4. The third-order valence-corrected chi connectivity index (χ3v) is 5.27. The van der Waals surface area contributed by atoms with Crippen LogP contribution < -0.4 is 0 Å². The fraction of sp³-hybridized carbons (Fsp3) is 0.200. The summed E-state index contributed by atoms with van der Waals surface area (Å²) in [5, 5.41) is 0.873. The molecule has 0 aliphatic rings. The maximum absolute atomic E-state index is 13.3. The lowest BCUT2D eigenvalue weighted by Gasteiger charge is -2.13. The van der Waals surface area contributed by atoms with Crippen molar-refractivity contribution in [2.75, 3.05) is 7.11 Å². The molecular weight excluding hydrogens is 395 g/mol. The molecule has 4 aromatic rings. The first kappa shape index (κ1) is 20.8. The third-order valence-electron chi connectivity index (χ3n) is 5.27. The van der Waals surface area contributed by atoms with E-state index >= 15 is 0 Å². The van der Waals surface area contributed by atoms with E-state index in [0.29, 0.717) is 13.2 Å². The lowest BCUT2D eigenvalue weighted by Crippen LogP contribution is -2.04. The van der Waals surface area contributed by atoms with Gasteiger partial charge in [-0.15, -0.1) is 0 Å². The standard InChI is InChI=1S/C25H23FN2O3/c1-17(19-6-4-3-5-7-19)31-16-20-15-28(14-18-8-10-21(26)11-9-18)24-13-27-23(12-22(20)24)25(29)30-2/h3-13,15,17H,14,16H2,1-2H3. The highest BCUT2D eigenvalue weighted by molar-refractivity contribution is 5.93. The maximum atomic E-state index is 13.3. The van der Waals surface area contributed by atoms with E-state index in [1.165, 1.54) is 19.2 Å². The Labute approximate surface area is 180 Å². The van der Waals surface area contributed by atoms with Crippen molar-refractivity contribution in [3.8, 4) is 0 Å². The Balaban J connectivity index is 1.66. The second kappa shape index (κ2) is 9.10. The molecule has 31 heavy (non-hydrogen) atoms. The Morgan fingerprint density at radius 2 is 1.87 bits per heavy atom. The van der Waals surface area contributed by atoms with Gasteiger partial charge in [0, 0.05) is 23.7 Å². The molecule has 158 valence electrons. The van der Waals surface area contributed by atoms with Crippen molar-refractivity contribution in [3.05, 3.63) is 101 Å². The summed E-state index contributed by atoms with van der Waals surface area (Å²) in [6, 6.07) is 18.1. The van der Waals surface area contributed by atoms with Gasteiger partial charge in [0.2, 0.25) is 0 Å². The smallest absolute Gasteiger partial charge is 0.356 e. The van der Waals surface area contributed by atoms with Gasteiger partial charge in [-0.1, -0.05) is 42.5 Å². The summed E-state index contributed by atoms with van der Waals surface area (Å²) in [7, 11) is 1.33. The van der Waals surface area contributed by atoms with Crippen LogP contribution in [-0.2, 0) is 22.6 Å². The molecule has 1 atom stereocenters. The zero-order valence-electron chi connectivity index (χ0n) is 17.4. The number of esters is 1. The fourth-order valence-corrected chi connectivity index (χ4v) is 3.55. The van der Waals surface area contributed by atoms with Gasteiger partial charge in [0.1, 0.15) is 11.5 Å². The van der Waals surface area contributed by atoms with Crippen LogP contribution in [0.25, 0.3) is 10.9 Å². The van der Waals surface area contributed by atoms with Crippen molar-refractivity contribution < 1.29 is 18.7 Å². The molecule has 0 N–H and O–H groups in total. The van der Waals surface area contributed by atoms with Crippen molar-refractivity contribution in [3.63, 3.8) is 0 Å². The second-order valence-corrected chi connectivity index (χ2v) is 7.35. The Kier molecular flexibility index (Phi) is 6.09. The molecule has 0 aliphatic carbocycles. The molecule has 1 unspecified atom stereocenters. The van der Waals surface area contributed by atoms with E-state index in [4.69, 9.17) is 9.47 Å². The summed E-state index contributed by atoms with van der Waals surface area (Å²) >= 11 is 0. The van der Waals surface area contributed by atoms with Gasteiger partial charge < -0.3 is 14.0 Å². The van der Waals surface area contributed by atoms with E-state index in [1.807, 2.05) is 48.0 Å². The molecule has 4 rings (SSSR count). The SMILES string of the molecule is COC(=O)c1cc2c(COC(C)c3ccccc3)cn(Cc3ccc(F)cc3)c2cn1. The molecule has 2 aromatic heterocycles. The average Bonchev–Trinajstić information content (AvgIpc) is 3.15. The Morgan fingerprint density at radius 3 is 2.58 bits per heavy atom. The molecule has 2 aromatic carbocycles. The van der Waals surface area contributed by atoms with Gasteiger partial charge in [0.05, 0.1) is 31.5 Å². The van der Waals surface area contributed by atoms with Gasteiger partial charge in [0.25, 0.3) is 0 Å². The van der Waals surface area contributed by atoms with Crippen LogP contribution in [0, 0.1) is 5.82 Å². The highest BCUT2D eigenvalue weighted by atomic mass is 19.1. The summed E-state index contributed by atoms with van der Waals surface area (Å²) in [4.78, 5) is 16.2. The minimum Gasteiger partial charge on any atom is -0.464 e. The van der Waals surface area contributed by atoms with Gasteiger partial charge in [0.15, 0.2) is 0 Å². The quantitative estimate of drug-likeness (QED) is 0.383. The Bertz CT molecular complexity index is 1190. The number of halogens is 1. The van der Waals surface area contributed by atoms with Crippen molar-refractivity contribution >= 4 is 16.9 Å². The monoisotopic (exact) mass is 418 g/mol. The van der Waals surface area contributed by atoms with E-state index in [1.54, 1.807) is 24.4 Å². The number of aromatic nitrogens is 2. The summed E-state index contributed by atoms with van der Waals surface area (Å²) in [5.74, 6) is -0.757. The van der Waals surface area contributed by atoms with Crippen LogP contribution >= 0.6 is 0 Å². The molecule has 2 heterocycles. The fourth-order valence-electron chi connectivity index (χ4n) is 3.55. The van der Waals surface area contributed by atoms with E-state index in [-0.39, 0.29) is 17.6 Å². The highest BCUT2D eigenvalue weighted by Crippen LogP contribution is 2.26. The number of nitrogens with zero attached hydrogens (tertiary/aromatic N) is 2. The number of carbonyl (C=O) groups is 1. The molecule has 6 heteroatoms. The normalized spacial score (nSPS) is 12.1. The summed E-state index contributed by atoms with van der Waals surface area (Å²) in [6.45, 7) is 2.92. The van der Waals surface area contributed by atoms with Gasteiger partial charge in [-0.3, -0.25) is 0 Å². The van der Waals surface area contributed by atoms with Gasteiger partial charge >= 0.3 is 5.97 Å². The molecule has 0 bridgehead atoms. The van der Waals surface area contributed by atoms with Crippen molar-refractivity contribution in [2.45, 2.75) is 26.2 Å². The summed E-state index contributed by atoms with van der Waals surface area (Å²) in [6.07, 6.45) is 3.57. The van der Waals surface area contributed by atoms with E-state index in [2.05, 4.69) is 4.98 Å². The third kappa shape index (κ3) is 4.64. The van der Waals surface area contributed by atoms with Crippen LogP contribution in [0.15, 0.2) is 73.1 Å². The average molecular weight is 418 g/mol. The van der Waals surface area contributed by atoms with Gasteiger partial charge in [-0.25, -0.2) is 14.2 Å².